The van der Waals surface area contributed by atoms with E-state index in [9.17, 15) is 14.0 Å². The molecule has 1 saturated heterocycles. The lowest BCUT2D eigenvalue weighted by Gasteiger charge is -2.29. The van der Waals surface area contributed by atoms with Crippen LogP contribution in [0.2, 0.25) is 5.02 Å². The minimum Gasteiger partial charge on any atom is -0.347 e. The number of nitrogens with zero attached hydrogens (tertiary/aromatic N) is 2. The molecular formula is C33H30ClFN2O2. The van der Waals surface area contributed by atoms with Crippen molar-refractivity contribution in [2.24, 2.45) is 7.05 Å². The van der Waals surface area contributed by atoms with Crippen LogP contribution in [0.5, 0.6) is 0 Å². The number of carbonyl (C=O) groups is 2. The number of aryl methyl sites for hydroxylation is 2. The normalized spacial score (nSPS) is 13.9. The average molecular weight is 541 g/mol. The van der Waals surface area contributed by atoms with Crippen molar-refractivity contribution in [3.05, 3.63) is 135 Å². The highest BCUT2D eigenvalue weighted by Crippen LogP contribution is 2.33. The summed E-state index contributed by atoms with van der Waals surface area (Å²) >= 11 is 6.22. The number of benzene rings is 3. The summed E-state index contributed by atoms with van der Waals surface area (Å²) in [7, 11) is 1.76. The lowest BCUT2D eigenvalue weighted by molar-refractivity contribution is 0.0924. The predicted molar refractivity (Wildman–Crippen MR) is 154 cm³/mol. The van der Waals surface area contributed by atoms with Crippen molar-refractivity contribution in [2.75, 3.05) is 19.6 Å². The van der Waals surface area contributed by atoms with Gasteiger partial charge in [-0.15, -0.1) is 0 Å². The van der Waals surface area contributed by atoms with E-state index >= 15 is 0 Å². The van der Waals surface area contributed by atoms with Crippen LogP contribution < -0.4 is 0 Å². The van der Waals surface area contributed by atoms with Crippen molar-refractivity contribution in [1.29, 1.82) is 0 Å². The van der Waals surface area contributed by atoms with Crippen LogP contribution in [-0.2, 0) is 7.05 Å². The van der Waals surface area contributed by atoms with Crippen molar-refractivity contribution >= 4 is 28.7 Å². The first kappa shape index (κ1) is 26.8. The molecular weight excluding hydrogens is 511 g/mol. The standard InChI is InChI=1S/C33H30ClFN2O2/c1-22-7-9-23(10-8-22)32(24-11-13-27(35)14-12-24)25-15-17-37(18-16-25)21-31(38)26-19-30(36(2)20-26)33(39)28-5-3-4-6-29(28)34/h3-14,19-20H,15-18,21H2,1-2H3. The van der Waals surface area contributed by atoms with Gasteiger partial charge in [0.1, 0.15) is 5.82 Å². The van der Waals surface area contributed by atoms with Crippen molar-refractivity contribution in [2.45, 2.75) is 19.8 Å². The second kappa shape index (κ2) is 11.5. The summed E-state index contributed by atoms with van der Waals surface area (Å²) in [6.07, 6.45) is 3.35. The molecule has 0 saturated carbocycles. The molecule has 1 aromatic heterocycles. The SMILES string of the molecule is Cc1ccc(C(=C2CCN(CC(=O)c3cc(C(=O)c4ccccc4Cl)n(C)c3)CC2)c2ccc(F)cc2)cc1. The quantitative estimate of drug-likeness (QED) is 0.234. The van der Waals surface area contributed by atoms with Gasteiger partial charge in [-0.2, -0.15) is 0 Å². The van der Waals surface area contributed by atoms with Gasteiger partial charge in [0, 0.05) is 37.5 Å². The van der Waals surface area contributed by atoms with Crippen LogP contribution in [0.15, 0.2) is 90.6 Å². The van der Waals surface area contributed by atoms with Crippen molar-refractivity contribution in [3.8, 4) is 0 Å². The number of hydrogen-bond donors (Lipinski definition) is 0. The van der Waals surface area contributed by atoms with Gasteiger partial charge >= 0.3 is 0 Å². The van der Waals surface area contributed by atoms with Crippen molar-refractivity contribution < 1.29 is 14.0 Å². The Hall–Kier alpha value is -3.80. The minimum absolute atomic E-state index is 0.0199. The zero-order chi connectivity index (χ0) is 27.5. The summed E-state index contributed by atoms with van der Waals surface area (Å²) < 4.78 is 15.3. The molecule has 39 heavy (non-hydrogen) atoms. The second-order valence-electron chi connectivity index (χ2n) is 10.1. The number of halogens is 2. The molecule has 0 N–H and O–H groups in total. The largest absolute Gasteiger partial charge is 0.347 e. The highest BCUT2D eigenvalue weighted by molar-refractivity contribution is 6.34. The van der Waals surface area contributed by atoms with E-state index in [0.717, 1.165) is 42.6 Å². The number of piperidine rings is 1. The van der Waals surface area contributed by atoms with Crippen molar-refractivity contribution in [1.82, 2.24) is 9.47 Å². The van der Waals surface area contributed by atoms with Crippen LogP contribution >= 0.6 is 11.6 Å². The van der Waals surface area contributed by atoms with Crippen LogP contribution in [-0.4, -0.2) is 40.7 Å². The minimum atomic E-state index is -0.252. The van der Waals surface area contributed by atoms with E-state index in [-0.39, 0.29) is 23.9 Å². The zero-order valence-corrected chi connectivity index (χ0v) is 22.8. The van der Waals surface area contributed by atoms with Gasteiger partial charge in [-0.1, -0.05) is 71.3 Å². The lowest BCUT2D eigenvalue weighted by Crippen LogP contribution is -2.35. The number of likely N-dealkylation sites (tertiary alicyclic amines) is 1. The molecule has 1 aliphatic rings. The zero-order valence-electron chi connectivity index (χ0n) is 22.1. The third kappa shape index (κ3) is 5.95. The maximum Gasteiger partial charge on any atom is 0.210 e. The molecule has 0 bridgehead atoms. The van der Waals surface area contributed by atoms with Crippen LogP contribution in [0.4, 0.5) is 4.39 Å². The number of carbonyl (C=O) groups excluding carboxylic acids is 2. The number of aromatic nitrogens is 1. The van der Waals surface area contributed by atoms with Crippen LogP contribution in [0.25, 0.3) is 5.57 Å². The van der Waals surface area contributed by atoms with Gasteiger partial charge in [-0.3, -0.25) is 14.5 Å². The van der Waals surface area contributed by atoms with E-state index in [4.69, 9.17) is 11.6 Å². The summed E-state index contributed by atoms with van der Waals surface area (Å²) in [5.41, 5.74) is 7.12. The Morgan fingerprint density at radius 2 is 1.49 bits per heavy atom. The Kier molecular flexibility index (Phi) is 7.92. The highest BCUT2D eigenvalue weighted by Gasteiger charge is 2.23. The number of Topliss-reactive ketones (excluding diaryl/α,β-unsaturated/α-hetero) is 1. The fraction of sp³-hybridized carbons (Fsp3) is 0.212. The third-order valence-corrected chi connectivity index (χ3v) is 7.66. The Labute approximate surface area is 233 Å². The first-order valence-electron chi connectivity index (χ1n) is 13.1. The van der Waals surface area contributed by atoms with E-state index < -0.39 is 0 Å². The fourth-order valence-electron chi connectivity index (χ4n) is 5.16. The van der Waals surface area contributed by atoms with Crippen molar-refractivity contribution in [3.63, 3.8) is 0 Å². The molecule has 0 amide bonds. The van der Waals surface area contributed by atoms with E-state index in [0.29, 0.717) is 21.8 Å². The Morgan fingerprint density at radius 3 is 2.13 bits per heavy atom. The van der Waals surface area contributed by atoms with Gasteiger partial charge in [-0.05, 0) is 66.8 Å². The fourth-order valence-corrected chi connectivity index (χ4v) is 5.38. The van der Waals surface area contributed by atoms with Crippen LogP contribution in [0, 0.1) is 12.7 Å². The van der Waals surface area contributed by atoms with Gasteiger partial charge in [0.25, 0.3) is 0 Å². The maximum atomic E-state index is 13.7. The summed E-state index contributed by atoms with van der Waals surface area (Å²) in [4.78, 5) is 28.4. The molecule has 1 aliphatic heterocycles. The molecule has 0 aliphatic carbocycles. The topological polar surface area (TPSA) is 42.3 Å². The van der Waals surface area contributed by atoms with E-state index in [1.165, 1.54) is 23.3 Å². The van der Waals surface area contributed by atoms with E-state index in [2.05, 4.69) is 36.1 Å². The molecule has 0 unspecified atom stereocenters. The molecule has 0 atom stereocenters. The molecule has 6 heteroatoms. The molecule has 0 spiro atoms. The molecule has 3 aromatic carbocycles. The summed E-state index contributed by atoms with van der Waals surface area (Å²) in [5.74, 6) is -0.481. The monoisotopic (exact) mass is 540 g/mol. The molecule has 4 aromatic rings. The predicted octanol–water partition coefficient (Wildman–Crippen LogP) is 7.14. The first-order valence-corrected chi connectivity index (χ1v) is 13.4. The lowest BCUT2D eigenvalue weighted by atomic mass is 9.88. The molecule has 1 fully saturated rings. The summed E-state index contributed by atoms with van der Waals surface area (Å²) in [6, 6.07) is 23.7. The summed E-state index contributed by atoms with van der Waals surface area (Å²) in [5, 5.41) is 0.388. The number of ketones is 2. The third-order valence-electron chi connectivity index (χ3n) is 7.33. The van der Waals surface area contributed by atoms with Gasteiger partial charge in [0.05, 0.1) is 17.3 Å². The van der Waals surface area contributed by atoms with E-state index in [1.807, 2.05) is 12.1 Å². The first-order chi connectivity index (χ1) is 18.8. The van der Waals surface area contributed by atoms with E-state index in [1.54, 1.807) is 48.1 Å². The number of hydrogen-bond acceptors (Lipinski definition) is 3. The van der Waals surface area contributed by atoms with Gasteiger partial charge in [-0.25, -0.2) is 4.39 Å². The Balaban J connectivity index is 1.31. The van der Waals surface area contributed by atoms with Gasteiger partial charge in [0.15, 0.2) is 5.78 Å². The maximum absolute atomic E-state index is 13.7. The highest BCUT2D eigenvalue weighted by atomic mass is 35.5. The molecule has 5 rings (SSSR count). The molecule has 198 valence electrons. The molecule has 0 radical (unpaired) electrons. The Morgan fingerprint density at radius 1 is 0.872 bits per heavy atom. The van der Waals surface area contributed by atoms with Crippen LogP contribution in [0.1, 0.15) is 55.9 Å². The average Bonchev–Trinajstić information content (AvgIpc) is 3.33. The van der Waals surface area contributed by atoms with Gasteiger partial charge < -0.3 is 4.57 Å². The van der Waals surface area contributed by atoms with Gasteiger partial charge in [0.2, 0.25) is 5.78 Å². The number of rotatable bonds is 7. The second-order valence-corrected chi connectivity index (χ2v) is 10.5. The van der Waals surface area contributed by atoms with Crippen LogP contribution in [0.3, 0.4) is 0 Å². The molecule has 2 heterocycles. The Bertz CT molecular complexity index is 1490. The summed E-state index contributed by atoms with van der Waals surface area (Å²) in [6.45, 7) is 3.84. The molecule has 4 nitrogen and oxygen atoms in total. The smallest absolute Gasteiger partial charge is 0.210 e.